The third kappa shape index (κ3) is 5.36. The maximum absolute atomic E-state index is 11.5. The van der Waals surface area contributed by atoms with Gasteiger partial charge in [0.15, 0.2) is 0 Å². The van der Waals surface area contributed by atoms with Crippen LogP contribution in [-0.4, -0.2) is 29.4 Å². The Bertz CT molecular complexity index is 340. The first kappa shape index (κ1) is 16.8. The van der Waals surface area contributed by atoms with Crippen LogP contribution in [0.2, 0.25) is 0 Å². The number of nitrogens with one attached hydrogen (secondary N) is 1. The van der Waals surface area contributed by atoms with Crippen LogP contribution in [0, 0.1) is 5.41 Å². The monoisotopic (exact) mass is 287 g/mol. The van der Waals surface area contributed by atoms with E-state index in [1.807, 2.05) is 0 Å². The zero-order chi connectivity index (χ0) is 15.2. The third-order valence-electron chi connectivity index (χ3n) is 3.42. The second-order valence-corrected chi connectivity index (χ2v) is 6.39. The molecule has 116 valence electrons. The van der Waals surface area contributed by atoms with Crippen LogP contribution in [0.1, 0.15) is 59.3 Å². The molecule has 20 heavy (non-hydrogen) atoms. The van der Waals surface area contributed by atoms with Crippen LogP contribution < -0.4 is 5.48 Å². The van der Waals surface area contributed by atoms with Gasteiger partial charge in [-0.3, -0.25) is 9.63 Å². The van der Waals surface area contributed by atoms with Crippen molar-refractivity contribution >= 4 is 12.1 Å². The minimum absolute atomic E-state index is 0.0262. The van der Waals surface area contributed by atoms with Crippen molar-refractivity contribution in [3.63, 3.8) is 0 Å². The molecule has 1 fully saturated rings. The molecule has 2 N–H and O–H groups in total. The minimum atomic E-state index is -0.897. The van der Waals surface area contributed by atoms with Crippen molar-refractivity contribution in [1.82, 2.24) is 5.48 Å². The van der Waals surface area contributed by atoms with E-state index in [-0.39, 0.29) is 6.61 Å². The number of rotatable bonds is 4. The Morgan fingerprint density at radius 3 is 2.15 bits per heavy atom. The van der Waals surface area contributed by atoms with Crippen LogP contribution in [0.3, 0.4) is 0 Å². The van der Waals surface area contributed by atoms with Crippen LogP contribution in [0.4, 0.5) is 4.79 Å². The predicted molar refractivity (Wildman–Crippen MR) is 73.1 cm³/mol. The normalized spacial score (nSPS) is 18.9. The lowest BCUT2D eigenvalue weighted by molar-refractivity contribution is -0.156. The molecule has 1 saturated carbocycles. The summed E-state index contributed by atoms with van der Waals surface area (Å²) in [4.78, 5) is 28.0. The van der Waals surface area contributed by atoms with Gasteiger partial charge in [0.1, 0.15) is 5.60 Å². The Balaban J connectivity index is 2.47. The Morgan fingerprint density at radius 2 is 1.70 bits per heavy atom. The molecule has 6 heteroatoms. The third-order valence-corrected chi connectivity index (χ3v) is 3.42. The first-order valence-electron chi connectivity index (χ1n) is 7.09. The zero-order valence-electron chi connectivity index (χ0n) is 12.5. The van der Waals surface area contributed by atoms with Gasteiger partial charge in [-0.2, -0.15) is 5.48 Å². The zero-order valence-corrected chi connectivity index (χ0v) is 12.5. The number of amides is 1. The van der Waals surface area contributed by atoms with Crippen molar-refractivity contribution in [2.24, 2.45) is 5.41 Å². The molecular weight excluding hydrogens is 262 g/mol. The van der Waals surface area contributed by atoms with Crippen molar-refractivity contribution in [2.75, 3.05) is 6.61 Å². The molecule has 0 saturated heterocycles. The van der Waals surface area contributed by atoms with Gasteiger partial charge in [-0.25, -0.2) is 4.79 Å². The summed E-state index contributed by atoms with van der Waals surface area (Å²) in [6.45, 7) is 5.21. The van der Waals surface area contributed by atoms with Crippen LogP contribution in [0.25, 0.3) is 0 Å². The van der Waals surface area contributed by atoms with E-state index in [0.717, 1.165) is 25.7 Å². The quantitative estimate of drug-likeness (QED) is 0.613. The van der Waals surface area contributed by atoms with E-state index in [0.29, 0.717) is 12.8 Å². The fourth-order valence-corrected chi connectivity index (χ4v) is 2.36. The highest BCUT2D eigenvalue weighted by Gasteiger charge is 2.39. The topological polar surface area (TPSA) is 84.9 Å². The molecule has 0 radical (unpaired) electrons. The molecule has 0 aromatic rings. The number of carbonyl (C=O) groups excluding carboxylic acids is 1. The minimum Gasteiger partial charge on any atom is -0.481 e. The van der Waals surface area contributed by atoms with Gasteiger partial charge in [0.25, 0.3) is 0 Å². The molecule has 0 aromatic carbocycles. The lowest BCUT2D eigenvalue weighted by atomic mass is 9.81. The number of carbonyl (C=O) groups is 2. The Kier molecular flexibility index (Phi) is 5.80. The Labute approximate surface area is 119 Å². The Morgan fingerprint density at radius 1 is 1.15 bits per heavy atom. The van der Waals surface area contributed by atoms with E-state index in [1.165, 1.54) is 0 Å². The van der Waals surface area contributed by atoms with Crippen molar-refractivity contribution in [3.8, 4) is 0 Å². The summed E-state index contributed by atoms with van der Waals surface area (Å²) in [5.41, 5.74) is 0.654. The number of hydrogen-bond donors (Lipinski definition) is 2. The molecule has 0 aliphatic heterocycles. The molecule has 6 nitrogen and oxygen atoms in total. The number of ether oxygens (including phenoxy) is 1. The van der Waals surface area contributed by atoms with E-state index in [2.05, 4.69) is 5.48 Å². The number of hydrogen-bond acceptors (Lipinski definition) is 4. The molecule has 1 aliphatic carbocycles. The number of carboxylic acid groups (broad SMARTS) is 1. The second kappa shape index (κ2) is 6.92. The van der Waals surface area contributed by atoms with Gasteiger partial charge >= 0.3 is 12.1 Å². The average Bonchev–Trinajstić information content (AvgIpc) is 2.53. The van der Waals surface area contributed by atoms with E-state index >= 15 is 0 Å². The smallest absolute Gasteiger partial charge is 0.431 e. The SMILES string of the molecule is CC(C)(C)OC(=O)NOCC1(C(=O)O)CCCCCC1. The molecule has 0 atom stereocenters. The maximum atomic E-state index is 11.5. The van der Waals surface area contributed by atoms with E-state index < -0.39 is 23.1 Å². The van der Waals surface area contributed by atoms with Gasteiger partial charge in [-0.15, -0.1) is 0 Å². The summed E-state index contributed by atoms with van der Waals surface area (Å²) < 4.78 is 5.02. The van der Waals surface area contributed by atoms with Crippen LogP contribution >= 0.6 is 0 Å². The van der Waals surface area contributed by atoms with Crippen molar-refractivity contribution in [1.29, 1.82) is 0 Å². The predicted octanol–water partition coefficient (Wildman–Crippen LogP) is 2.87. The Hall–Kier alpha value is -1.30. The standard InChI is InChI=1S/C14H25NO5/c1-13(2,3)20-12(18)15-19-10-14(11(16)17)8-6-4-5-7-9-14/h4-10H2,1-3H3,(H,15,18)(H,16,17). The molecule has 1 amide bonds. The second-order valence-electron chi connectivity index (χ2n) is 6.39. The number of aliphatic carboxylic acids is 1. The summed E-state index contributed by atoms with van der Waals surface area (Å²) in [6, 6.07) is 0. The molecule has 1 aliphatic rings. The highest BCUT2D eigenvalue weighted by molar-refractivity contribution is 5.75. The van der Waals surface area contributed by atoms with Crippen LogP contribution in [0.15, 0.2) is 0 Å². The fourth-order valence-electron chi connectivity index (χ4n) is 2.36. The first-order chi connectivity index (χ1) is 9.25. The van der Waals surface area contributed by atoms with Crippen molar-refractivity contribution in [2.45, 2.75) is 64.9 Å². The van der Waals surface area contributed by atoms with Crippen molar-refractivity contribution < 1.29 is 24.3 Å². The highest BCUT2D eigenvalue weighted by atomic mass is 16.7. The summed E-state index contributed by atoms with van der Waals surface area (Å²) >= 11 is 0. The van der Waals surface area contributed by atoms with Crippen LogP contribution in [-0.2, 0) is 14.4 Å². The van der Waals surface area contributed by atoms with E-state index in [1.54, 1.807) is 20.8 Å². The summed E-state index contributed by atoms with van der Waals surface area (Å²) in [6.07, 6.45) is 4.32. The van der Waals surface area contributed by atoms with Gasteiger partial charge in [-0.1, -0.05) is 25.7 Å². The van der Waals surface area contributed by atoms with Gasteiger partial charge in [0.05, 0.1) is 12.0 Å². The molecule has 1 rings (SSSR count). The molecule has 0 aromatic heterocycles. The number of carboxylic acids is 1. The van der Waals surface area contributed by atoms with Gasteiger partial charge in [-0.05, 0) is 33.6 Å². The average molecular weight is 287 g/mol. The van der Waals surface area contributed by atoms with Gasteiger partial charge in [0.2, 0.25) is 0 Å². The molecule has 0 unspecified atom stereocenters. The molecule has 0 heterocycles. The summed E-state index contributed by atoms with van der Waals surface area (Å²) in [5.74, 6) is -0.856. The van der Waals surface area contributed by atoms with Gasteiger partial charge < -0.3 is 9.84 Å². The van der Waals surface area contributed by atoms with Crippen molar-refractivity contribution in [3.05, 3.63) is 0 Å². The van der Waals surface area contributed by atoms with E-state index in [4.69, 9.17) is 9.57 Å². The first-order valence-corrected chi connectivity index (χ1v) is 7.09. The molecule has 0 spiro atoms. The highest BCUT2D eigenvalue weighted by Crippen LogP contribution is 2.35. The van der Waals surface area contributed by atoms with Gasteiger partial charge in [0, 0.05) is 0 Å². The molecular formula is C14H25NO5. The largest absolute Gasteiger partial charge is 0.481 e. The molecule has 0 bridgehead atoms. The lowest BCUT2D eigenvalue weighted by Crippen LogP contribution is -2.40. The number of hydroxylamine groups is 1. The van der Waals surface area contributed by atoms with Crippen LogP contribution in [0.5, 0.6) is 0 Å². The summed E-state index contributed by atoms with van der Waals surface area (Å²) in [7, 11) is 0. The fraction of sp³-hybridized carbons (Fsp3) is 0.857. The summed E-state index contributed by atoms with van der Waals surface area (Å²) in [5, 5.41) is 9.44. The maximum Gasteiger partial charge on any atom is 0.431 e. The van der Waals surface area contributed by atoms with E-state index in [9.17, 15) is 14.7 Å². The lowest BCUT2D eigenvalue weighted by Gasteiger charge is -2.27.